The molecular weight excluding hydrogens is 226 g/mol. The number of nitrogens with zero attached hydrogens (tertiary/aromatic N) is 1. The molecule has 1 saturated carbocycles. The van der Waals surface area contributed by atoms with E-state index in [4.69, 9.17) is 0 Å². The fraction of sp³-hybridized carbons (Fsp3) is 1.00. The molecule has 0 amide bonds. The summed E-state index contributed by atoms with van der Waals surface area (Å²) < 4.78 is 27.7. The van der Waals surface area contributed by atoms with E-state index in [2.05, 4.69) is 17.0 Å². The maximum absolute atomic E-state index is 11.8. The summed E-state index contributed by atoms with van der Waals surface area (Å²) in [5, 5.41) is 3.17. The number of hydrogen-bond acceptors (Lipinski definition) is 3. The molecule has 6 heteroatoms. The van der Waals surface area contributed by atoms with Crippen LogP contribution in [-0.4, -0.2) is 45.4 Å². The van der Waals surface area contributed by atoms with Gasteiger partial charge in [-0.3, -0.25) is 0 Å². The fourth-order valence-corrected chi connectivity index (χ4v) is 2.75. The first kappa shape index (κ1) is 13.9. The van der Waals surface area contributed by atoms with E-state index in [-0.39, 0.29) is 6.04 Å². The molecule has 0 heterocycles. The molecule has 96 valence electrons. The first-order chi connectivity index (χ1) is 7.47. The third-order valence-electron chi connectivity index (χ3n) is 2.90. The molecular formula is C10H23N3O2S. The van der Waals surface area contributed by atoms with Crippen molar-refractivity contribution >= 4 is 10.2 Å². The Kier molecular flexibility index (Phi) is 5.17. The van der Waals surface area contributed by atoms with Gasteiger partial charge in [-0.1, -0.05) is 13.8 Å². The molecule has 1 aliphatic carbocycles. The van der Waals surface area contributed by atoms with E-state index in [0.717, 1.165) is 25.9 Å². The molecule has 2 unspecified atom stereocenters. The Morgan fingerprint density at radius 2 is 2.06 bits per heavy atom. The molecule has 0 radical (unpaired) electrons. The maximum Gasteiger partial charge on any atom is 0.279 e. The van der Waals surface area contributed by atoms with Gasteiger partial charge in [0, 0.05) is 19.6 Å². The van der Waals surface area contributed by atoms with Gasteiger partial charge in [-0.2, -0.15) is 17.4 Å². The van der Waals surface area contributed by atoms with Crippen molar-refractivity contribution in [2.45, 2.75) is 32.7 Å². The van der Waals surface area contributed by atoms with Crippen LogP contribution in [0.15, 0.2) is 0 Å². The lowest BCUT2D eigenvalue weighted by Crippen LogP contribution is -2.40. The normalized spacial score (nSPS) is 25.0. The number of hydrogen-bond donors (Lipinski definition) is 2. The second kappa shape index (κ2) is 5.95. The molecule has 1 rings (SSSR count). The smallest absolute Gasteiger partial charge is 0.279 e. The van der Waals surface area contributed by atoms with Crippen molar-refractivity contribution in [1.82, 2.24) is 14.3 Å². The Bertz CT molecular complexity index is 305. The monoisotopic (exact) mass is 249 g/mol. The second-order valence-corrected chi connectivity index (χ2v) is 6.28. The summed E-state index contributed by atoms with van der Waals surface area (Å²) in [6, 6.07) is 0.154. The molecule has 0 spiro atoms. The average Bonchev–Trinajstić information content (AvgIpc) is 2.87. The SMILES string of the molecule is CCNCCCN(C)S(=O)(=O)NC1CC1C. The van der Waals surface area contributed by atoms with E-state index in [1.807, 2.05) is 6.92 Å². The van der Waals surface area contributed by atoms with E-state index in [1.54, 1.807) is 7.05 Å². The summed E-state index contributed by atoms with van der Waals surface area (Å²) in [4.78, 5) is 0. The summed E-state index contributed by atoms with van der Waals surface area (Å²) in [7, 11) is -1.64. The topological polar surface area (TPSA) is 61.4 Å². The summed E-state index contributed by atoms with van der Waals surface area (Å²) in [6.07, 6.45) is 1.80. The van der Waals surface area contributed by atoms with Crippen molar-refractivity contribution < 1.29 is 8.42 Å². The Morgan fingerprint density at radius 1 is 1.44 bits per heavy atom. The zero-order valence-electron chi connectivity index (χ0n) is 10.4. The van der Waals surface area contributed by atoms with Crippen LogP contribution in [0.4, 0.5) is 0 Å². The predicted octanol–water partition coefficient (Wildman–Crippen LogP) is 0.161. The van der Waals surface area contributed by atoms with E-state index in [1.165, 1.54) is 4.31 Å². The highest BCUT2D eigenvalue weighted by atomic mass is 32.2. The van der Waals surface area contributed by atoms with Crippen molar-refractivity contribution in [2.24, 2.45) is 5.92 Å². The zero-order chi connectivity index (χ0) is 12.2. The highest BCUT2D eigenvalue weighted by molar-refractivity contribution is 7.87. The first-order valence-electron chi connectivity index (χ1n) is 5.91. The van der Waals surface area contributed by atoms with E-state index >= 15 is 0 Å². The molecule has 0 aromatic carbocycles. The molecule has 0 aliphatic heterocycles. The van der Waals surface area contributed by atoms with Crippen LogP contribution in [0.3, 0.4) is 0 Å². The Labute approximate surface area is 98.8 Å². The number of nitrogens with one attached hydrogen (secondary N) is 2. The highest BCUT2D eigenvalue weighted by Crippen LogP contribution is 2.29. The van der Waals surface area contributed by atoms with E-state index in [0.29, 0.717) is 12.5 Å². The quantitative estimate of drug-likeness (QED) is 0.602. The minimum absolute atomic E-state index is 0.154. The van der Waals surface area contributed by atoms with Gasteiger partial charge in [0.15, 0.2) is 0 Å². The lowest BCUT2D eigenvalue weighted by molar-refractivity contribution is 0.444. The van der Waals surface area contributed by atoms with Crippen LogP contribution in [-0.2, 0) is 10.2 Å². The number of rotatable bonds is 8. The molecule has 1 fully saturated rings. The largest absolute Gasteiger partial charge is 0.317 e. The summed E-state index contributed by atoms with van der Waals surface area (Å²) in [6.45, 7) is 6.43. The predicted molar refractivity (Wildman–Crippen MR) is 65.4 cm³/mol. The minimum atomic E-state index is -3.26. The first-order valence-corrected chi connectivity index (χ1v) is 7.35. The molecule has 5 nitrogen and oxygen atoms in total. The van der Waals surface area contributed by atoms with Gasteiger partial charge in [-0.15, -0.1) is 0 Å². The fourth-order valence-electron chi connectivity index (χ4n) is 1.49. The van der Waals surface area contributed by atoms with Crippen LogP contribution in [0, 0.1) is 5.92 Å². The molecule has 0 aromatic rings. The molecule has 16 heavy (non-hydrogen) atoms. The Morgan fingerprint density at radius 3 is 2.56 bits per heavy atom. The van der Waals surface area contributed by atoms with Crippen molar-refractivity contribution in [3.05, 3.63) is 0 Å². The van der Waals surface area contributed by atoms with Crippen molar-refractivity contribution in [2.75, 3.05) is 26.7 Å². The van der Waals surface area contributed by atoms with Gasteiger partial charge in [0.1, 0.15) is 0 Å². The van der Waals surface area contributed by atoms with Gasteiger partial charge in [-0.25, -0.2) is 0 Å². The molecule has 1 aliphatic rings. The van der Waals surface area contributed by atoms with Crippen LogP contribution in [0.2, 0.25) is 0 Å². The third-order valence-corrected chi connectivity index (χ3v) is 4.50. The summed E-state index contributed by atoms with van der Waals surface area (Å²) in [5.74, 6) is 0.491. The average molecular weight is 249 g/mol. The van der Waals surface area contributed by atoms with Gasteiger partial charge in [-0.05, 0) is 31.8 Å². The van der Waals surface area contributed by atoms with Crippen LogP contribution >= 0.6 is 0 Å². The lowest BCUT2D eigenvalue weighted by Gasteiger charge is -2.17. The molecule has 0 saturated heterocycles. The highest BCUT2D eigenvalue weighted by Gasteiger charge is 2.36. The lowest BCUT2D eigenvalue weighted by atomic mass is 10.4. The van der Waals surface area contributed by atoms with Crippen LogP contribution < -0.4 is 10.0 Å². The van der Waals surface area contributed by atoms with Gasteiger partial charge < -0.3 is 5.32 Å². The third kappa shape index (κ3) is 4.37. The van der Waals surface area contributed by atoms with Crippen LogP contribution in [0.25, 0.3) is 0 Å². The minimum Gasteiger partial charge on any atom is -0.317 e. The van der Waals surface area contributed by atoms with Crippen LogP contribution in [0.5, 0.6) is 0 Å². The Hall–Kier alpha value is -0.170. The van der Waals surface area contributed by atoms with Crippen LogP contribution in [0.1, 0.15) is 26.7 Å². The molecule has 0 aromatic heterocycles. The maximum atomic E-state index is 11.8. The van der Waals surface area contributed by atoms with Gasteiger partial charge in [0.25, 0.3) is 10.2 Å². The van der Waals surface area contributed by atoms with E-state index in [9.17, 15) is 8.42 Å². The zero-order valence-corrected chi connectivity index (χ0v) is 11.2. The van der Waals surface area contributed by atoms with Crippen molar-refractivity contribution in [3.63, 3.8) is 0 Å². The standard InChI is InChI=1S/C10H23N3O2S/c1-4-11-6-5-7-13(3)16(14,15)12-10-8-9(10)2/h9-12H,4-8H2,1-3H3. The second-order valence-electron chi connectivity index (χ2n) is 4.47. The van der Waals surface area contributed by atoms with Gasteiger partial charge >= 0.3 is 0 Å². The molecule has 2 N–H and O–H groups in total. The Balaban J connectivity index is 2.25. The molecule has 0 bridgehead atoms. The van der Waals surface area contributed by atoms with Gasteiger partial charge in [0.05, 0.1) is 0 Å². The van der Waals surface area contributed by atoms with E-state index < -0.39 is 10.2 Å². The van der Waals surface area contributed by atoms with Gasteiger partial charge in [0.2, 0.25) is 0 Å². The molecule has 2 atom stereocenters. The summed E-state index contributed by atoms with van der Waals surface area (Å²) >= 11 is 0. The van der Waals surface area contributed by atoms with Crippen molar-refractivity contribution in [3.8, 4) is 0 Å². The summed E-state index contributed by atoms with van der Waals surface area (Å²) in [5.41, 5.74) is 0. The van der Waals surface area contributed by atoms with Crippen molar-refractivity contribution in [1.29, 1.82) is 0 Å².